The van der Waals surface area contributed by atoms with E-state index in [4.69, 9.17) is 4.74 Å². The summed E-state index contributed by atoms with van der Waals surface area (Å²) in [4.78, 5) is 1.37. The van der Waals surface area contributed by atoms with E-state index in [1.54, 1.807) is 6.92 Å². The van der Waals surface area contributed by atoms with Gasteiger partial charge in [0.05, 0.1) is 6.10 Å². The van der Waals surface area contributed by atoms with Gasteiger partial charge in [0.2, 0.25) is 0 Å². The lowest BCUT2D eigenvalue weighted by molar-refractivity contribution is 0.191. The molecule has 0 bridgehead atoms. The first kappa shape index (κ1) is 14.5. The number of hydrogen-bond acceptors (Lipinski definition) is 3. The lowest BCUT2D eigenvalue weighted by Gasteiger charge is -2.16. The van der Waals surface area contributed by atoms with E-state index in [9.17, 15) is 5.11 Å². The highest BCUT2D eigenvalue weighted by Gasteiger charge is 2.22. The molecule has 1 heterocycles. The minimum atomic E-state index is -0.506. The molecule has 1 aliphatic rings. The van der Waals surface area contributed by atoms with Gasteiger partial charge in [-0.15, -0.1) is 11.8 Å². The second-order valence-corrected chi connectivity index (χ2v) is 6.92. The van der Waals surface area contributed by atoms with E-state index in [2.05, 4.69) is 24.3 Å². The Morgan fingerprint density at radius 1 is 1.29 bits per heavy atom. The topological polar surface area (TPSA) is 29.5 Å². The third kappa shape index (κ3) is 3.25. The summed E-state index contributed by atoms with van der Waals surface area (Å²) in [5.41, 5.74) is 3.42. The van der Waals surface area contributed by atoms with Gasteiger partial charge in [0, 0.05) is 15.7 Å². The zero-order valence-corrected chi connectivity index (χ0v) is 13.2. The molecule has 2 nitrogen and oxygen atoms in total. The number of thioether (sulfide) groups is 1. The largest absolute Gasteiger partial charge is 0.492 e. The van der Waals surface area contributed by atoms with E-state index in [1.165, 1.54) is 10.5 Å². The number of aliphatic hydroxyl groups excluding tert-OH is 1. The molecule has 1 aliphatic heterocycles. The average Bonchev–Trinajstić information content (AvgIpc) is 2.87. The standard InChI is InChI=1S/C18H20O2S/c1-12-7-8-16(13(2)19)17(9-12)20-11-15-10-14-5-3-4-6-18(14)21-15/h3-9,13,15,19H,10-11H2,1-2H3/t13-,15?/m1/s1. The minimum absolute atomic E-state index is 0.449. The summed E-state index contributed by atoms with van der Waals surface area (Å²) in [6.07, 6.45) is 0.547. The fourth-order valence-corrected chi connectivity index (χ4v) is 3.86. The Bertz CT molecular complexity index is 612. The molecule has 0 radical (unpaired) electrons. The summed E-state index contributed by atoms with van der Waals surface area (Å²) in [7, 11) is 0. The first-order chi connectivity index (χ1) is 10.1. The van der Waals surface area contributed by atoms with E-state index >= 15 is 0 Å². The molecular formula is C18H20O2S. The van der Waals surface area contributed by atoms with Crippen LogP contribution in [-0.4, -0.2) is 17.0 Å². The van der Waals surface area contributed by atoms with Crippen molar-refractivity contribution in [3.05, 3.63) is 59.2 Å². The lowest BCUT2D eigenvalue weighted by Crippen LogP contribution is -2.14. The Labute approximate surface area is 130 Å². The van der Waals surface area contributed by atoms with E-state index in [1.807, 2.05) is 36.9 Å². The van der Waals surface area contributed by atoms with Crippen molar-refractivity contribution in [3.63, 3.8) is 0 Å². The van der Waals surface area contributed by atoms with Crippen LogP contribution in [0.4, 0.5) is 0 Å². The van der Waals surface area contributed by atoms with Gasteiger partial charge in [-0.1, -0.05) is 30.3 Å². The normalized spacial score (nSPS) is 18.3. The monoisotopic (exact) mass is 300 g/mol. The Morgan fingerprint density at radius 3 is 2.86 bits per heavy atom. The summed E-state index contributed by atoms with van der Waals surface area (Å²) in [6, 6.07) is 14.5. The maximum absolute atomic E-state index is 9.84. The van der Waals surface area contributed by atoms with Crippen molar-refractivity contribution in [2.45, 2.75) is 36.5 Å². The third-order valence-corrected chi connectivity index (χ3v) is 5.05. The maximum Gasteiger partial charge on any atom is 0.125 e. The molecule has 2 atom stereocenters. The van der Waals surface area contributed by atoms with Gasteiger partial charge in [-0.05, 0) is 43.5 Å². The van der Waals surface area contributed by atoms with Gasteiger partial charge in [-0.25, -0.2) is 0 Å². The van der Waals surface area contributed by atoms with Gasteiger partial charge in [-0.3, -0.25) is 0 Å². The Balaban J connectivity index is 1.68. The van der Waals surface area contributed by atoms with Crippen LogP contribution in [0, 0.1) is 6.92 Å². The van der Waals surface area contributed by atoms with Crippen molar-refractivity contribution in [3.8, 4) is 5.75 Å². The van der Waals surface area contributed by atoms with Gasteiger partial charge < -0.3 is 9.84 Å². The highest BCUT2D eigenvalue weighted by molar-refractivity contribution is 8.00. The van der Waals surface area contributed by atoms with Crippen molar-refractivity contribution in [2.75, 3.05) is 6.61 Å². The average molecular weight is 300 g/mol. The fourth-order valence-electron chi connectivity index (χ4n) is 2.64. The number of fused-ring (bicyclic) bond motifs is 1. The van der Waals surface area contributed by atoms with Crippen molar-refractivity contribution in [2.24, 2.45) is 0 Å². The van der Waals surface area contributed by atoms with Crippen LogP contribution in [0.25, 0.3) is 0 Å². The van der Waals surface area contributed by atoms with Crippen molar-refractivity contribution < 1.29 is 9.84 Å². The van der Waals surface area contributed by atoms with Gasteiger partial charge in [0.15, 0.2) is 0 Å². The zero-order chi connectivity index (χ0) is 14.8. The molecule has 0 aromatic heterocycles. The van der Waals surface area contributed by atoms with Gasteiger partial charge in [0.25, 0.3) is 0 Å². The van der Waals surface area contributed by atoms with Crippen LogP contribution in [0.5, 0.6) is 5.75 Å². The molecule has 1 N–H and O–H groups in total. The molecule has 3 heteroatoms. The van der Waals surface area contributed by atoms with Crippen LogP contribution in [0.3, 0.4) is 0 Å². The Hall–Kier alpha value is -1.45. The molecule has 2 aromatic carbocycles. The third-order valence-electron chi connectivity index (χ3n) is 3.76. The smallest absolute Gasteiger partial charge is 0.125 e. The molecule has 2 aromatic rings. The predicted octanol–water partition coefficient (Wildman–Crippen LogP) is 4.14. The molecule has 21 heavy (non-hydrogen) atoms. The highest BCUT2D eigenvalue weighted by atomic mass is 32.2. The maximum atomic E-state index is 9.84. The van der Waals surface area contributed by atoms with Gasteiger partial charge in [0.1, 0.15) is 12.4 Å². The number of aliphatic hydroxyl groups is 1. The predicted molar refractivity (Wildman–Crippen MR) is 87.1 cm³/mol. The van der Waals surface area contributed by atoms with Gasteiger partial charge in [-0.2, -0.15) is 0 Å². The van der Waals surface area contributed by atoms with E-state index in [0.29, 0.717) is 11.9 Å². The molecule has 0 spiro atoms. The first-order valence-electron chi connectivity index (χ1n) is 7.29. The van der Waals surface area contributed by atoms with Crippen LogP contribution in [0.15, 0.2) is 47.4 Å². The molecule has 0 fully saturated rings. The summed E-state index contributed by atoms with van der Waals surface area (Å²) in [5.74, 6) is 0.807. The molecule has 0 amide bonds. The lowest BCUT2D eigenvalue weighted by atomic mass is 10.1. The number of ether oxygens (including phenoxy) is 1. The number of rotatable bonds is 4. The first-order valence-corrected chi connectivity index (χ1v) is 8.17. The summed E-state index contributed by atoms with van der Waals surface area (Å²) in [5, 5.41) is 10.3. The molecule has 1 unspecified atom stereocenters. The summed E-state index contributed by atoms with van der Waals surface area (Å²) < 4.78 is 6.01. The molecule has 110 valence electrons. The molecule has 3 rings (SSSR count). The summed E-state index contributed by atoms with van der Waals surface area (Å²) in [6.45, 7) is 4.49. The van der Waals surface area contributed by atoms with Crippen LogP contribution in [0.2, 0.25) is 0 Å². The van der Waals surface area contributed by atoms with E-state index in [-0.39, 0.29) is 0 Å². The van der Waals surface area contributed by atoms with E-state index < -0.39 is 6.10 Å². The molecule has 0 saturated heterocycles. The minimum Gasteiger partial charge on any atom is -0.492 e. The fraction of sp³-hybridized carbons (Fsp3) is 0.333. The Kier molecular flexibility index (Phi) is 4.22. The number of benzene rings is 2. The van der Waals surface area contributed by atoms with E-state index in [0.717, 1.165) is 23.3 Å². The highest BCUT2D eigenvalue weighted by Crippen LogP contribution is 2.37. The number of hydrogen-bond donors (Lipinski definition) is 1. The van der Waals surface area contributed by atoms with Crippen molar-refractivity contribution in [1.29, 1.82) is 0 Å². The SMILES string of the molecule is Cc1ccc([C@@H](C)O)c(OCC2Cc3ccccc3S2)c1. The van der Waals surface area contributed by atoms with Crippen molar-refractivity contribution in [1.82, 2.24) is 0 Å². The molecule has 0 aliphatic carbocycles. The van der Waals surface area contributed by atoms with Gasteiger partial charge >= 0.3 is 0 Å². The molecular weight excluding hydrogens is 280 g/mol. The summed E-state index contributed by atoms with van der Waals surface area (Å²) >= 11 is 1.89. The second kappa shape index (κ2) is 6.12. The zero-order valence-electron chi connectivity index (χ0n) is 12.4. The Morgan fingerprint density at radius 2 is 2.10 bits per heavy atom. The van der Waals surface area contributed by atoms with Crippen LogP contribution < -0.4 is 4.74 Å². The van der Waals surface area contributed by atoms with Crippen LogP contribution >= 0.6 is 11.8 Å². The quantitative estimate of drug-likeness (QED) is 0.920. The van der Waals surface area contributed by atoms with Crippen molar-refractivity contribution >= 4 is 11.8 Å². The molecule has 0 saturated carbocycles. The van der Waals surface area contributed by atoms with Crippen LogP contribution in [0.1, 0.15) is 29.7 Å². The number of aryl methyl sites for hydroxylation is 1. The van der Waals surface area contributed by atoms with Crippen LogP contribution in [-0.2, 0) is 6.42 Å². The second-order valence-electron chi connectivity index (χ2n) is 5.58.